The molecule has 0 amide bonds. The molecule has 1 aliphatic carbocycles. The largest absolute Gasteiger partial charge is 0.225 e. The van der Waals surface area contributed by atoms with Crippen LogP contribution in [0, 0.1) is 6.92 Å². The summed E-state index contributed by atoms with van der Waals surface area (Å²) in [4.78, 5) is 9.04. The molecule has 2 aromatic rings. The van der Waals surface area contributed by atoms with Crippen LogP contribution in [0.15, 0.2) is 10.2 Å². The van der Waals surface area contributed by atoms with E-state index in [1.54, 1.807) is 0 Å². The van der Waals surface area contributed by atoms with Crippen LogP contribution < -0.4 is 0 Å². The molecular weight excluding hydrogens is 308 g/mol. The van der Waals surface area contributed by atoms with Gasteiger partial charge in [-0.3, -0.25) is 0 Å². The predicted octanol–water partition coefficient (Wildman–Crippen LogP) is 3.21. The Morgan fingerprint density at radius 1 is 1.24 bits per heavy atom. The average Bonchev–Trinajstić information content (AvgIpc) is 3.14. The van der Waals surface area contributed by atoms with Gasteiger partial charge in [0.1, 0.15) is 16.0 Å². The van der Waals surface area contributed by atoms with Gasteiger partial charge in [-0.25, -0.2) is 14.6 Å². The summed E-state index contributed by atoms with van der Waals surface area (Å²) in [5.74, 6) is 0.728. The van der Waals surface area contributed by atoms with E-state index in [9.17, 15) is 0 Å². The van der Waals surface area contributed by atoms with E-state index in [2.05, 4.69) is 46.3 Å². The second-order valence-corrected chi connectivity index (χ2v) is 7.57. The molecule has 0 bridgehead atoms. The Balaban J connectivity index is 1.97. The fraction of sp³-hybridized carbons (Fsp3) is 0.615. The molecule has 2 aromatic heterocycles. The minimum atomic E-state index is -0.158. The van der Waals surface area contributed by atoms with E-state index in [0.717, 1.165) is 34.4 Å². The van der Waals surface area contributed by atoms with Gasteiger partial charge in [0.25, 0.3) is 0 Å². The van der Waals surface area contributed by atoms with Crippen molar-refractivity contribution in [2.45, 2.75) is 62.2 Å². The average molecular weight is 325 g/mol. The lowest BCUT2D eigenvalue weighted by molar-refractivity contribution is 0.536. The molecule has 3 rings (SSSR count). The molecule has 0 saturated heterocycles. The fourth-order valence-corrected chi connectivity index (χ4v) is 2.93. The van der Waals surface area contributed by atoms with Gasteiger partial charge in [-0.1, -0.05) is 32.4 Å². The third kappa shape index (κ3) is 3.03. The van der Waals surface area contributed by atoms with E-state index in [4.69, 9.17) is 11.6 Å². The highest BCUT2D eigenvalue weighted by atomic mass is 35.5. The standard InChI is InChI=1S/C13H17ClN6S/c1-7-9(14)15-11(13(2,3)4)16-10(7)21-12-17-18-19-20(12)8-5-6-8/h8H,5-6H2,1-4H3. The fourth-order valence-electron chi connectivity index (χ4n) is 1.79. The molecule has 0 atom stereocenters. The van der Waals surface area contributed by atoms with Gasteiger partial charge in [0.15, 0.2) is 0 Å². The van der Waals surface area contributed by atoms with Crippen LogP contribution in [-0.4, -0.2) is 30.2 Å². The van der Waals surface area contributed by atoms with Crippen LogP contribution in [0.1, 0.15) is 51.0 Å². The molecule has 1 fully saturated rings. The Morgan fingerprint density at radius 2 is 1.95 bits per heavy atom. The van der Waals surface area contributed by atoms with Gasteiger partial charge in [0.05, 0.1) is 6.04 Å². The zero-order chi connectivity index (χ0) is 15.2. The highest BCUT2D eigenvalue weighted by molar-refractivity contribution is 7.99. The van der Waals surface area contributed by atoms with E-state index in [0.29, 0.717) is 11.2 Å². The quantitative estimate of drug-likeness (QED) is 0.807. The monoisotopic (exact) mass is 324 g/mol. The van der Waals surface area contributed by atoms with Crippen molar-refractivity contribution >= 4 is 23.4 Å². The van der Waals surface area contributed by atoms with Crippen molar-refractivity contribution < 1.29 is 0 Å². The minimum absolute atomic E-state index is 0.158. The number of tetrazole rings is 1. The molecule has 21 heavy (non-hydrogen) atoms. The van der Waals surface area contributed by atoms with Crippen molar-refractivity contribution in [3.8, 4) is 0 Å². The van der Waals surface area contributed by atoms with Crippen molar-refractivity contribution in [2.24, 2.45) is 0 Å². The van der Waals surface area contributed by atoms with E-state index >= 15 is 0 Å². The van der Waals surface area contributed by atoms with Crippen LogP contribution in [0.3, 0.4) is 0 Å². The maximum Gasteiger partial charge on any atom is 0.215 e. The molecule has 0 spiro atoms. The Labute approximate surface area is 132 Å². The van der Waals surface area contributed by atoms with E-state index in [1.165, 1.54) is 11.8 Å². The summed E-state index contributed by atoms with van der Waals surface area (Å²) >= 11 is 7.71. The normalized spacial score (nSPS) is 15.5. The molecule has 0 aromatic carbocycles. The lowest BCUT2D eigenvalue weighted by Crippen LogP contribution is -2.17. The van der Waals surface area contributed by atoms with Gasteiger partial charge >= 0.3 is 0 Å². The summed E-state index contributed by atoms with van der Waals surface area (Å²) in [5.41, 5.74) is 0.703. The van der Waals surface area contributed by atoms with Gasteiger partial charge in [-0.15, -0.1) is 5.10 Å². The first-order chi connectivity index (χ1) is 9.86. The number of hydrogen-bond donors (Lipinski definition) is 0. The molecule has 0 N–H and O–H groups in total. The maximum absolute atomic E-state index is 6.26. The predicted molar refractivity (Wildman–Crippen MR) is 80.7 cm³/mol. The highest BCUT2D eigenvalue weighted by Gasteiger charge is 2.29. The smallest absolute Gasteiger partial charge is 0.215 e. The molecule has 8 heteroatoms. The molecule has 0 aliphatic heterocycles. The second kappa shape index (κ2) is 5.21. The van der Waals surface area contributed by atoms with Gasteiger partial charge in [0.2, 0.25) is 5.16 Å². The zero-order valence-electron chi connectivity index (χ0n) is 12.5. The topological polar surface area (TPSA) is 69.4 Å². The zero-order valence-corrected chi connectivity index (χ0v) is 14.0. The molecule has 112 valence electrons. The Hall–Kier alpha value is -1.21. The summed E-state index contributed by atoms with van der Waals surface area (Å²) in [6.07, 6.45) is 2.27. The first-order valence-corrected chi connectivity index (χ1v) is 8.06. The summed E-state index contributed by atoms with van der Waals surface area (Å²) in [6, 6.07) is 0.433. The first kappa shape index (κ1) is 14.7. The number of rotatable bonds is 3. The molecular formula is C13H17ClN6S. The van der Waals surface area contributed by atoms with E-state index < -0.39 is 0 Å². The SMILES string of the molecule is Cc1c(Cl)nc(C(C)(C)C)nc1Sc1nnnn1C1CC1. The lowest BCUT2D eigenvalue weighted by atomic mass is 9.96. The molecule has 6 nitrogen and oxygen atoms in total. The van der Waals surface area contributed by atoms with E-state index in [1.807, 2.05) is 11.6 Å². The van der Waals surface area contributed by atoms with Crippen molar-refractivity contribution in [2.75, 3.05) is 0 Å². The minimum Gasteiger partial charge on any atom is -0.225 e. The molecule has 0 unspecified atom stereocenters. The Kier molecular flexibility index (Phi) is 3.65. The van der Waals surface area contributed by atoms with Crippen LogP contribution >= 0.6 is 23.4 Å². The number of aromatic nitrogens is 6. The van der Waals surface area contributed by atoms with Crippen molar-refractivity contribution in [1.82, 2.24) is 30.2 Å². The molecule has 1 saturated carbocycles. The molecule has 2 heterocycles. The van der Waals surface area contributed by atoms with Gasteiger partial charge in [0, 0.05) is 11.0 Å². The van der Waals surface area contributed by atoms with Gasteiger partial charge in [-0.05, 0) is 42.0 Å². The van der Waals surface area contributed by atoms with Crippen molar-refractivity contribution in [3.05, 3.63) is 16.5 Å². The third-order valence-corrected chi connectivity index (χ3v) is 4.67. The second-order valence-electron chi connectivity index (χ2n) is 6.26. The van der Waals surface area contributed by atoms with Crippen LogP contribution in [0.25, 0.3) is 0 Å². The summed E-state index contributed by atoms with van der Waals surface area (Å²) in [7, 11) is 0. The molecule has 0 radical (unpaired) electrons. The highest BCUT2D eigenvalue weighted by Crippen LogP contribution is 2.39. The van der Waals surface area contributed by atoms with Crippen LogP contribution in [-0.2, 0) is 5.41 Å². The van der Waals surface area contributed by atoms with Crippen molar-refractivity contribution in [1.29, 1.82) is 0 Å². The van der Waals surface area contributed by atoms with Crippen molar-refractivity contribution in [3.63, 3.8) is 0 Å². The van der Waals surface area contributed by atoms with Gasteiger partial charge in [-0.2, -0.15) is 0 Å². The Bertz CT molecular complexity index is 674. The lowest BCUT2D eigenvalue weighted by Gasteiger charge is -2.18. The van der Waals surface area contributed by atoms with Crippen LogP contribution in [0.5, 0.6) is 0 Å². The number of hydrogen-bond acceptors (Lipinski definition) is 6. The maximum atomic E-state index is 6.26. The van der Waals surface area contributed by atoms with Gasteiger partial charge < -0.3 is 0 Å². The first-order valence-electron chi connectivity index (χ1n) is 6.86. The summed E-state index contributed by atoms with van der Waals surface area (Å²) in [5, 5.41) is 14.0. The molecule has 1 aliphatic rings. The number of halogens is 1. The van der Waals surface area contributed by atoms with E-state index in [-0.39, 0.29) is 5.41 Å². The summed E-state index contributed by atoms with van der Waals surface area (Å²) in [6.45, 7) is 8.12. The summed E-state index contributed by atoms with van der Waals surface area (Å²) < 4.78 is 1.87. The third-order valence-electron chi connectivity index (χ3n) is 3.26. The Morgan fingerprint density at radius 3 is 2.57 bits per heavy atom. The van der Waals surface area contributed by atoms with Crippen LogP contribution in [0.4, 0.5) is 0 Å². The van der Waals surface area contributed by atoms with Crippen LogP contribution in [0.2, 0.25) is 5.15 Å². The number of nitrogens with zero attached hydrogens (tertiary/aromatic N) is 6.